The topological polar surface area (TPSA) is 12.9 Å². The van der Waals surface area contributed by atoms with Crippen molar-refractivity contribution in [3.8, 4) is 11.3 Å². The molecule has 1 nitrogen and oxygen atoms in total. The summed E-state index contributed by atoms with van der Waals surface area (Å²) in [7, 11) is 0. The van der Waals surface area contributed by atoms with Crippen LogP contribution in [0.5, 0.6) is 0 Å². The quantitative estimate of drug-likeness (QED) is 0.665. The molecule has 0 bridgehead atoms. The van der Waals surface area contributed by atoms with Gasteiger partial charge in [0.1, 0.15) is 0 Å². The van der Waals surface area contributed by atoms with Crippen LogP contribution in [-0.4, -0.2) is 4.98 Å². The Morgan fingerprint density at radius 1 is 1.05 bits per heavy atom. The summed E-state index contributed by atoms with van der Waals surface area (Å²) in [4.78, 5) is 4.41. The van der Waals surface area contributed by atoms with Crippen LogP contribution >= 0.6 is 11.3 Å². The van der Waals surface area contributed by atoms with Crippen LogP contribution in [0, 0.1) is 0 Å². The molecule has 0 saturated carbocycles. The highest BCUT2D eigenvalue weighted by Gasteiger charge is 2.30. The van der Waals surface area contributed by atoms with Gasteiger partial charge in [-0.1, -0.05) is 39.8 Å². The zero-order valence-corrected chi connectivity index (χ0v) is 12.8. The lowest BCUT2D eigenvalue weighted by Crippen LogP contribution is -2.03. The Hall–Kier alpha value is -1.36. The molecule has 0 aliphatic rings. The second kappa shape index (κ2) is 6.88. The third kappa shape index (κ3) is 4.07. The third-order valence-electron chi connectivity index (χ3n) is 2.52. The molecular weight excluding hydrogens is 283 g/mol. The van der Waals surface area contributed by atoms with Crippen molar-refractivity contribution in [1.82, 2.24) is 4.98 Å². The molecule has 1 aromatic carbocycles. The lowest BCUT2D eigenvalue weighted by molar-refractivity contribution is -0.137. The maximum absolute atomic E-state index is 12.4. The summed E-state index contributed by atoms with van der Waals surface area (Å²) < 4.78 is 37.3. The van der Waals surface area contributed by atoms with Crippen molar-refractivity contribution >= 4 is 11.3 Å². The summed E-state index contributed by atoms with van der Waals surface area (Å²) in [5, 5.41) is 2.86. The summed E-state index contributed by atoms with van der Waals surface area (Å²) in [6.45, 7) is 8.07. The minimum absolute atomic E-state index is 0.332. The first-order valence-corrected chi connectivity index (χ1v) is 7.39. The first kappa shape index (κ1) is 16.7. The number of hydrogen-bond donors (Lipinski definition) is 0. The molecule has 20 heavy (non-hydrogen) atoms. The van der Waals surface area contributed by atoms with Crippen molar-refractivity contribution in [3.63, 3.8) is 0 Å². The fourth-order valence-corrected chi connectivity index (χ4v) is 2.36. The van der Waals surface area contributed by atoms with Gasteiger partial charge in [-0.3, -0.25) is 0 Å². The largest absolute Gasteiger partial charge is 0.416 e. The number of halogens is 3. The summed E-state index contributed by atoms with van der Waals surface area (Å²) in [6.07, 6.45) is -4.29. The van der Waals surface area contributed by atoms with Gasteiger partial charge in [0.05, 0.1) is 16.3 Å². The molecule has 1 aromatic heterocycles. The van der Waals surface area contributed by atoms with Crippen LogP contribution in [0.15, 0.2) is 29.6 Å². The highest BCUT2D eigenvalue weighted by atomic mass is 32.1. The van der Waals surface area contributed by atoms with E-state index in [9.17, 15) is 13.2 Å². The number of benzene rings is 1. The van der Waals surface area contributed by atoms with Gasteiger partial charge in [-0.05, 0) is 12.1 Å². The molecule has 0 radical (unpaired) electrons. The fourth-order valence-electron chi connectivity index (χ4n) is 1.52. The van der Waals surface area contributed by atoms with Gasteiger partial charge in [0, 0.05) is 16.9 Å². The van der Waals surface area contributed by atoms with Crippen LogP contribution in [0.25, 0.3) is 11.3 Å². The normalized spacial score (nSPS) is 11.2. The smallest absolute Gasteiger partial charge is 0.241 e. The highest BCUT2D eigenvalue weighted by Crippen LogP contribution is 2.31. The summed E-state index contributed by atoms with van der Waals surface area (Å²) in [5.41, 5.74) is 0.814. The second-order valence-corrected chi connectivity index (χ2v) is 5.19. The molecule has 5 heteroatoms. The fraction of sp³-hybridized carbons (Fsp3) is 0.400. The van der Waals surface area contributed by atoms with Crippen LogP contribution in [0.4, 0.5) is 13.2 Å². The minimum atomic E-state index is -4.29. The van der Waals surface area contributed by atoms with E-state index in [0.717, 1.165) is 22.8 Å². The Bertz CT molecular complexity index is 527. The van der Waals surface area contributed by atoms with Crippen LogP contribution in [-0.2, 0) is 6.18 Å². The number of hydrogen-bond acceptors (Lipinski definition) is 2. The van der Waals surface area contributed by atoms with E-state index >= 15 is 0 Å². The molecule has 2 aromatic rings. The lowest BCUT2D eigenvalue weighted by Gasteiger charge is -2.06. The first-order chi connectivity index (χ1) is 9.38. The molecule has 0 saturated heterocycles. The molecule has 0 aliphatic heterocycles. The summed E-state index contributed by atoms with van der Waals surface area (Å²) >= 11 is 1.53. The SMILES string of the molecule is CC.CC(C)c1nc(-c2ccc(C(F)(F)F)cc2)cs1. The van der Waals surface area contributed by atoms with Crippen molar-refractivity contribution in [2.75, 3.05) is 0 Å². The zero-order chi connectivity index (χ0) is 15.3. The van der Waals surface area contributed by atoms with E-state index in [-0.39, 0.29) is 0 Å². The van der Waals surface area contributed by atoms with E-state index in [1.807, 2.05) is 33.1 Å². The molecule has 0 atom stereocenters. The molecule has 0 fully saturated rings. The Balaban J connectivity index is 0.000000956. The Labute approximate surface area is 121 Å². The van der Waals surface area contributed by atoms with Gasteiger partial charge in [0.2, 0.25) is 0 Å². The molecule has 110 valence electrons. The van der Waals surface area contributed by atoms with E-state index < -0.39 is 11.7 Å². The zero-order valence-electron chi connectivity index (χ0n) is 12.0. The van der Waals surface area contributed by atoms with Crippen molar-refractivity contribution in [2.24, 2.45) is 0 Å². The number of alkyl halides is 3. The van der Waals surface area contributed by atoms with E-state index in [2.05, 4.69) is 4.98 Å². The minimum Gasteiger partial charge on any atom is -0.241 e. The van der Waals surface area contributed by atoms with Crippen molar-refractivity contribution < 1.29 is 13.2 Å². The van der Waals surface area contributed by atoms with Crippen molar-refractivity contribution in [1.29, 1.82) is 0 Å². The third-order valence-corrected chi connectivity index (χ3v) is 3.67. The van der Waals surface area contributed by atoms with Gasteiger partial charge < -0.3 is 0 Å². The molecular formula is C15H18F3NS. The summed E-state index contributed by atoms with van der Waals surface area (Å²) in [5.74, 6) is 0.332. The summed E-state index contributed by atoms with van der Waals surface area (Å²) in [6, 6.07) is 5.09. The second-order valence-electron chi connectivity index (χ2n) is 4.30. The molecule has 0 unspecified atom stereocenters. The predicted octanol–water partition coefficient (Wildman–Crippen LogP) is 5.98. The van der Waals surface area contributed by atoms with Gasteiger partial charge in [-0.2, -0.15) is 13.2 Å². The van der Waals surface area contributed by atoms with Gasteiger partial charge in [0.25, 0.3) is 0 Å². The molecule has 2 rings (SSSR count). The Kier molecular flexibility index (Phi) is 5.74. The maximum atomic E-state index is 12.4. The molecule has 0 N–H and O–H groups in total. The van der Waals surface area contributed by atoms with Gasteiger partial charge >= 0.3 is 6.18 Å². The van der Waals surface area contributed by atoms with Gasteiger partial charge in [-0.15, -0.1) is 11.3 Å². The monoisotopic (exact) mass is 301 g/mol. The first-order valence-electron chi connectivity index (χ1n) is 6.51. The highest BCUT2D eigenvalue weighted by molar-refractivity contribution is 7.10. The van der Waals surface area contributed by atoms with Crippen molar-refractivity contribution in [2.45, 2.75) is 39.8 Å². The van der Waals surface area contributed by atoms with Gasteiger partial charge in [-0.25, -0.2) is 4.98 Å². The predicted molar refractivity (Wildman–Crippen MR) is 78.0 cm³/mol. The van der Waals surface area contributed by atoms with E-state index in [4.69, 9.17) is 0 Å². The van der Waals surface area contributed by atoms with Crippen molar-refractivity contribution in [3.05, 3.63) is 40.2 Å². The van der Waals surface area contributed by atoms with E-state index in [1.54, 1.807) is 0 Å². The Morgan fingerprint density at radius 3 is 2.00 bits per heavy atom. The average molecular weight is 301 g/mol. The van der Waals surface area contributed by atoms with Gasteiger partial charge in [0.15, 0.2) is 0 Å². The number of nitrogens with zero attached hydrogens (tertiary/aromatic N) is 1. The van der Waals surface area contributed by atoms with Crippen LogP contribution < -0.4 is 0 Å². The van der Waals surface area contributed by atoms with E-state index in [1.165, 1.54) is 23.5 Å². The lowest BCUT2D eigenvalue weighted by atomic mass is 10.1. The molecule has 0 amide bonds. The molecule has 0 spiro atoms. The van der Waals surface area contributed by atoms with E-state index in [0.29, 0.717) is 11.5 Å². The number of rotatable bonds is 2. The average Bonchev–Trinajstić information content (AvgIpc) is 2.90. The maximum Gasteiger partial charge on any atom is 0.416 e. The number of aromatic nitrogens is 1. The molecule has 1 heterocycles. The number of thiazole rings is 1. The Morgan fingerprint density at radius 2 is 1.60 bits per heavy atom. The molecule has 0 aliphatic carbocycles. The van der Waals surface area contributed by atoms with Crippen LogP contribution in [0.1, 0.15) is 44.2 Å². The van der Waals surface area contributed by atoms with Crippen LogP contribution in [0.2, 0.25) is 0 Å². The standard InChI is InChI=1S/C13H12F3NS.C2H6/c1-8(2)12-17-11(7-18-12)9-3-5-10(6-4-9)13(14,15)16;1-2/h3-8H,1-2H3;1-2H3. The van der Waals surface area contributed by atoms with Crippen LogP contribution in [0.3, 0.4) is 0 Å².